The maximum absolute atomic E-state index is 9.85. The van der Waals surface area contributed by atoms with E-state index in [0.717, 1.165) is 15.6 Å². The molecule has 1 atom stereocenters. The Kier molecular flexibility index (Phi) is 2.44. The van der Waals surface area contributed by atoms with Crippen LogP contribution in [0.25, 0.3) is 0 Å². The van der Waals surface area contributed by atoms with E-state index in [2.05, 4.69) is 4.98 Å². The Morgan fingerprint density at radius 3 is 2.85 bits per heavy atom. The summed E-state index contributed by atoms with van der Waals surface area (Å²) in [6, 6.07) is 3.86. The monoisotopic (exact) mass is 211 g/mol. The molecule has 0 fully saturated rings. The lowest BCUT2D eigenvalue weighted by Crippen LogP contribution is -1.95. The fraction of sp³-hybridized carbons (Fsp3) is 0.222. The normalized spacial score (nSPS) is 13.1. The lowest BCUT2D eigenvalue weighted by atomic mass is 10.3. The van der Waals surface area contributed by atoms with Crippen molar-refractivity contribution in [2.75, 3.05) is 0 Å². The summed E-state index contributed by atoms with van der Waals surface area (Å²) in [5.74, 6) is 0. The first-order chi connectivity index (χ1) is 6.27. The van der Waals surface area contributed by atoms with Gasteiger partial charge in [-0.1, -0.05) is 6.07 Å². The summed E-state index contributed by atoms with van der Waals surface area (Å²) in [4.78, 5) is 5.19. The zero-order valence-corrected chi connectivity index (χ0v) is 8.73. The van der Waals surface area contributed by atoms with E-state index in [1.807, 2.05) is 29.8 Å². The number of aromatic nitrogens is 1. The molecule has 0 aromatic carbocycles. The van der Waals surface area contributed by atoms with Crippen molar-refractivity contribution in [1.82, 2.24) is 4.98 Å². The highest BCUT2D eigenvalue weighted by Gasteiger charge is 2.14. The summed E-state index contributed by atoms with van der Waals surface area (Å²) in [7, 11) is 0. The largest absolute Gasteiger partial charge is 0.380 e. The zero-order chi connectivity index (χ0) is 9.26. The second-order valence-corrected chi connectivity index (χ2v) is 4.61. The van der Waals surface area contributed by atoms with Gasteiger partial charge in [0.2, 0.25) is 0 Å². The summed E-state index contributed by atoms with van der Waals surface area (Å²) < 4.78 is 0. The number of aliphatic hydroxyl groups excluding tert-OH is 1. The number of thiazole rings is 1. The molecule has 2 heterocycles. The van der Waals surface area contributed by atoms with E-state index in [0.29, 0.717) is 0 Å². The lowest BCUT2D eigenvalue weighted by molar-refractivity contribution is 0.223. The van der Waals surface area contributed by atoms with Crippen molar-refractivity contribution in [2.24, 2.45) is 0 Å². The minimum Gasteiger partial charge on any atom is -0.380 e. The maximum Gasteiger partial charge on any atom is 0.140 e. The van der Waals surface area contributed by atoms with E-state index in [4.69, 9.17) is 0 Å². The van der Waals surface area contributed by atoms with Crippen LogP contribution in [0.1, 0.15) is 21.7 Å². The summed E-state index contributed by atoms with van der Waals surface area (Å²) in [6.45, 7) is 1.93. The molecule has 0 aliphatic rings. The van der Waals surface area contributed by atoms with Crippen molar-refractivity contribution in [2.45, 2.75) is 13.0 Å². The number of hydrogen-bond acceptors (Lipinski definition) is 4. The fourth-order valence-electron chi connectivity index (χ4n) is 1.07. The summed E-state index contributed by atoms with van der Waals surface area (Å²) in [6.07, 6.45) is -0.543. The van der Waals surface area contributed by atoms with Gasteiger partial charge in [0.05, 0.1) is 0 Å². The second kappa shape index (κ2) is 3.57. The molecule has 0 aliphatic carbocycles. The quantitative estimate of drug-likeness (QED) is 0.828. The summed E-state index contributed by atoms with van der Waals surface area (Å²) in [5, 5.41) is 14.5. The molecule has 68 valence electrons. The third kappa shape index (κ3) is 1.80. The van der Waals surface area contributed by atoms with Crippen molar-refractivity contribution in [3.63, 3.8) is 0 Å². The first-order valence-electron chi connectivity index (χ1n) is 3.91. The van der Waals surface area contributed by atoms with Gasteiger partial charge in [0.15, 0.2) is 0 Å². The van der Waals surface area contributed by atoms with Gasteiger partial charge in [-0.25, -0.2) is 4.98 Å². The van der Waals surface area contributed by atoms with Crippen molar-refractivity contribution in [3.05, 3.63) is 38.5 Å². The third-order valence-corrected chi connectivity index (χ3v) is 3.62. The van der Waals surface area contributed by atoms with Crippen molar-refractivity contribution >= 4 is 22.7 Å². The maximum atomic E-state index is 9.85. The first-order valence-corrected chi connectivity index (χ1v) is 5.67. The van der Waals surface area contributed by atoms with E-state index in [9.17, 15) is 5.11 Å². The molecule has 13 heavy (non-hydrogen) atoms. The minimum absolute atomic E-state index is 0.543. The van der Waals surface area contributed by atoms with Crippen LogP contribution in [0.4, 0.5) is 0 Å². The Hall–Kier alpha value is -0.710. The Labute approximate surface area is 84.5 Å². The molecule has 2 aromatic heterocycles. The Balaban J connectivity index is 2.28. The number of thiophene rings is 1. The second-order valence-electron chi connectivity index (χ2n) is 2.75. The van der Waals surface area contributed by atoms with Crippen LogP contribution < -0.4 is 0 Å². The number of nitrogens with zero attached hydrogens (tertiary/aromatic N) is 1. The highest BCUT2D eigenvalue weighted by Crippen LogP contribution is 2.27. The standard InChI is InChI=1S/C9H9NOS2/c1-6-5-13-9(10-6)8(11)7-3-2-4-12-7/h2-5,8,11H,1H3. The molecular weight excluding hydrogens is 202 g/mol. The Morgan fingerprint density at radius 2 is 2.31 bits per heavy atom. The average molecular weight is 211 g/mol. The smallest absolute Gasteiger partial charge is 0.140 e. The van der Waals surface area contributed by atoms with Crippen LogP contribution in [-0.4, -0.2) is 10.1 Å². The van der Waals surface area contributed by atoms with Crippen LogP contribution in [0.5, 0.6) is 0 Å². The molecule has 0 amide bonds. The van der Waals surface area contributed by atoms with Crippen molar-refractivity contribution in [1.29, 1.82) is 0 Å². The molecule has 0 aliphatic heterocycles. The van der Waals surface area contributed by atoms with Crippen LogP contribution >= 0.6 is 22.7 Å². The number of rotatable bonds is 2. The van der Waals surface area contributed by atoms with Gasteiger partial charge in [-0.2, -0.15) is 0 Å². The highest BCUT2D eigenvalue weighted by molar-refractivity contribution is 7.11. The van der Waals surface area contributed by atoms with Crippen molar-refractivity contribution in [3.8, 4) is 0 Å². The fourth-order valence-corrected chi connectivity index (χ4v) is 2.65. The van der Waals surface area contributed by atoms with Crippen LogP contribution in [0, 0.1) is 6.92 Å². The predicted molar refractivity (Wildman–Crippen MR) is 55.2 cm³/mol. The van der Waals surface area contributed by atoms with E-state index in [1.165, 1.54) is 11.3 Å². The SMILES string of the molecule is Cc1csc(C(O)c2cccs2)n1. The molecule has 1 N–H and O–H groups in total. The number of aliphatic hydroxyl groups is 1. The minimum atomic E-state index is -0.543. The van der Waals surface area contributed by atoms with Gasteiger partial charge in [0.1, 0.15) is 11.1 Å². The van der Waals surface area contributed by atoms with E-state index < -0.39 is 6.10 Å². The van der Waals surface area contributed by atoms with Gasteiger partial charge < -0.3 is 5.11 Å². The van der Waals surface area contributed by atoms with E-state index >= 15 is 0 Å². The molecule has 0 saturated heterocycles. The summed E-state index contributed by atoms with van der Waals surface area (Å²) >= 11 is 3.05. The Bertz CT molecular complexity index is 380. The zero-order valence-electron chi connectivity index (χ0n) is 7.10. The van der Waals surface area contributed by atoms with Gasteiger partial charge >= 0.3 is 0 Å². The van der Waals surface area contributed by atoms with E-state index in [1.54, 1.807) is 11.3 Å². The highest BCUT2D eigenvalue weighted by atomic mass is 32.1. The molecule has 0 bridgehead atoms. The topological polar surface area (TPSA) is 33.1 Å². The first kappa shape index (κ1) is 8.87. The molecule has 0 radical (unpaired) electrons. The molecule has 0 spiro atoms. The van der Waals surface area contributed by atoms with Crippen LogP contribution in [-0.2, 0) is 0 Å². The molecule has 2 nitrogen and oxygen atoms in total. The van der Waals surface area contributed by atoms with Gasteiger partial charge in [-0.05, 0) is 18.4 Å². The molecule has 2 rings (SSSR count). The molecule has 0 saturated carbocycles. The van der Waals surface area contributed by atoms with E-state index in [-0.39, 0.29) is 0 Å². The predicted octanol–water partition coefficient (Wildman–Crippen LogP) is 2.59. The van der Waals surface area contributed by atoms with Gasteiger partial charge in [0.25, 0.3) is 0 Å². The van der Waals surface area contributed by atoms with Crippen LogP contribution in [0.2, 0.25) is 0 Å². The van der Waals surface area contributed by atoms with Crippen molar-refractivity contribution < 1.29 is 5.11 Å². The van der Waals surface area contributed by atoms with Crippen LogP contribution in [0.15, 0.2) is 22.9 Å². The average Bonchev–Trinajstić information content (AvgIpc) is 2.72. The molecule has 2 aromatic rings. The van der Waals surface area contributed by atoms with Crippen LogP contribution in [0.3, 0.4) is 0 Å². The molecular formula is C9H9NOS2. The van der Waals surface area contributed by atoms with Gasteiger partial charge in [-0.3, -0.25) is 0 Å². The Morgan fingerprint density at radius 1 is 1.46 bits per heavy atom. The third-order valence-electron chi connectivity index (χ3n) is 1.68. The number of aryl methyl sites for hydroxylation is 1. The number of hydrogen-bond donors (Lipinski definition) is 1. The molecule has 4 heteroatoms. The molecule has 1 unspecified atom stereocenters. The van der Waals surface area contributed by atoms with Gasteiger partial charge in [0, 0.05) is 16.0 Å². The van der Waals surface area contributed by atoms with Gasteiger partial charge in [-0.15, -0.1) is 22.7 Å². The lowest BCUT2D eigenvalue weighted by Gasteiger charge is -2.02. The summed E-state index contributed by atoms with van der Waals surface area (Å²) in [5.41, 5.74) is 0.968.